The Hall–Kier alpha value is -1.08. The molecule has 0 saturated carbocycles. The first-order chi connectivity index (χ1) is 34.7. The van der Waals surface area contributed by atoms with Gasteiger partial charge in [-0.25, -0.2) is 4.57 Å². The highest BCUT2D eigenvalue weighted by Gasteiger charge is 2.39. The van der Waals surface area contributed by atoms with Gasteiger partial charge in [-0.3, -0.25) is 56.3 Å². The first kappa shape index (κ1) is 69.0. The van der Waals surface area contributed by atoms with Gasteiger partial charge in [0.2, 0.25) is 11.8 Å². The minimum atomic E-state index is -4.25. The zero-order valence-corrected chi connectivity index (χ0v) is 48.0. The molecule has 0 aromatic rings. The van der Waals surface area contributed by atoms with Crippen molar-refractivity contribution in [2.75, 3.05) is 104 Å². The Bertz CT molecular complexity index is 1960. The van der Waals surface area contributed by atoms with Gasteiger partial charge in [-0.1, -0.05) is 51.4 Å². The van der Waals surface area contributed by atoms with Crippen molar-refractivity contribution >= 4 is 73.6 Å². The van der Waals surface area contributed by atoms with Crippen LogP contribution in [0.2, 0.25) is 0 Å². The fourth-order valence-corrected chi connectivity index (χ4v) is 12.3. The largest absolute Gasteiger partial charge is 0.472 e. The van der Waals surface area contributed by atoms with Crippen LogP contribution in [-0.2, 0) is 88.1 Å². The van der Waals surface area contributed by atoms with Crippen molar-refractivity contribution in [2.45, 2.75) is 128 Å². The van der Waals surface area contributed by atoms with E-state index in [1.165, 1.54) is 23.9 Å². The molecule has 2 aliphatic heterocycles. The van der Waals surface area contributed by atoms with Crippen LogP contribution in [0.1, 0.15) is 117 Å². The molecule has 0 aromatic heterocycles. The highest BCUT2D eigenvalue weighted by Crippen LogP contribution is 2.48. The van der Waals surface area contributed by atoms with Crippen LogP contribution in [0.3, 0.4) is 0 Å². The Morgan fingerprint density at radius 1 is 0.486 bits per heavy atom. The molecule has 1 saturated heterocycles. The monoisotopic (exact) mass is 1180 g/mol. The van der Waals surface area contributed by atoms with E-state index in [1.54, 1.807) is 20.8 Å². The molecule has 432 valence electrons. The predicted octanol–water partition coefficient (Wildman–Crippen LogP) is 6.87. The maximum Gasteiger partial charge on any atom is 0.472 e. The second-order valence-electron chi connectivity index (χ2n) is 18.1. The number of ether oxygens (including phenoxy) is 4. The lowest BCUT2D eigenvalue weighted by Gasteiger charge is -2.22. The molecule has 1 fully saturated rings. The summed E-state index contributed by atoms with van der Waals surface area (Å²) in [6, 6.07) is 0. The van der Waals surface area contributed by atoms with Crippen molar-refractivity contribution < 1.29 is 113 Å². The number of carbonyl (C=O) groups excluding carboxylic acids is 4. The van der Waals surface area contributed by atoms with Crippen LogP contribution in [0.15, 0.2) is 12.2 Å². The molecule has 0 spiro atoms. The normalized spacial score (nSPS) is 19.5. The number of unbranched alkanes of at least 4 members (excludes halogenated alkanes) is 9. The van der Waals surface area contributed by atoms with Crippen LogP contribution in [-0.4, -0.2) is 172 Å². The topological polar surface area (TPSA) is 354 Å². The number of carbonyl (C=O) groups is 4. The average Bonchev–Trinajstić information content (AvgIpc) is 3.76. The average molecular weight is 1180 g/mol. The number of amides is 4. The van der Waals surface area contributed by atoms with Crippen molar-refractivity contribution in [1.29, 1.82) is 0 Å². The summed E-state index contributed by atoms with van der Waals surface area (Å²) in [5, 5.41) is -0.424. The third-order valence-corrected chi connectivity index (χ3v) is 17.0. The number of phosphoric ester groups is 1. The highest BCUT2D eigenvalue weighted by atomic mass is 32.2. The van der Waals surface area contributed by atoms with Gasteiger partial charge in [-0.05, 0) is 65.0 Å². The second kappa shape index (κ2) is 36.2. The smallest absolute Gasteiger partial charge is 0.369 e. The van der Waals surface area contributed by atoms with E-state index in [1.807, 2.05) is 0 Å². The Balaban J connectivity index is 1.35. The number of rotatable bonds is 47. The van der Waals surface area contributed by atoms with Gasteiger partial charge < -0.3 is 61.5 Å². The molecule has 74 heavy (non-hydrogen) atoms. The number of hydrogen-bond donors (Lipinski definition) is 5. The van der Waals surface area contributed by atoms with E-state index in [0.717, 1.165) is 73.3 Å². The molecule has 0 aromatic carbocycles. The van der Waals surface area contributed by atoms with Crippen LogP contribution in [0.4, 0.5) is 0 Å². The van der Waals surface area contributed by atoms with E-state index in [4.69, 9.17) is 46.1 Å². The first-order valence-electron chi connectivity index (χ1n) is 24.6. The highest BCUT2D eigenvalue weighted by molar-refractivity contribution is 8.00. The number of nitrogens with zero attached hydrogens (tertiary/aromatic N) is 2. The first-order valence-corrected chi connectivity index (χ1v) is 34.2. The van der Waals surface area contributed by atoms with Crippen LogP contribution in [0.25, 0.3) is 0 Å². The summed E-state index contributed by atoms with van der Waals surface area (Å²) in [5.41, 5.74) is -0.893. The van der Waals surface area contributed by atoms with Gasteiger partial charge in [-0.2, -0.15) is 0 Å². The molecule has 6 unspecified atom stereocenters. The minimum absolute atomic E-state index is 0.00338. The zero-order chi connectivity index (χ0) is 55.2. The number of hydrogen-bond acceptors (Lipinski definition) is 20. The molecule has 6 atom stereocenters. The molecule has 0 radical (unpaired) electrons. The maximum absolute atomic E-state index is 12.7. The third-order valence-electron chi connectivity index (χ3n) is 10.1. The Labute approximate surface area is 438 Å². The lowest BCUT2D eigenvalue weighted by Crippen LogP contribution is -2.41. The molecule has 26 nitrogen and oxygen atoms in total. The zero-order valence-electron chi connectivity index (χ0n) is 42.7. The van der Waals surface area contributed by atoms with Gasteiger partial charge in [0.1, 0.15) is 25.4 Å². The van der Waals surface area contributed by atoms with Gasteiger partial charge >= 0.3 is 38.2 Å². The van der Waals surface area contributed by atoms with E-state index < -0.39 is 86.3 Å². The van der Waals surface area contributed by atoms with Crippen molar-refractivity contribution in [3.05, 3.63) is 12.2 Å². The van der Waals surface area contributed by atoms with Crippen LogP contribution >= 0.6 is 50.0 Å². The Morgan fingerprint density at radius 3 is 1.22 bits per heavy atom. The molecule has 0 bridgehead atoms. The van der Waals surface area contributed by atoms with Crippen molar-refractivity contribution in [2.24, 2.45) is 0 Å². The van der Waals surface area contributed by atoms with E-state index in [-0.39, 0.29) is 116 Å². The molecular weight excluding hydrogens is 1100 g/mol. The van der Waals surface area contributed by atoms with Gasteiger partial charge in [0.05, 0.1) is 43.9 Å². The lowest BCUT2D eigenvalue weighted by atomic mass is 10.1. The molecule has 0 aliphatic carbocycles. The van der Waals surface area contributed by atoms with Gasteiger partial charge in [-0.15, -0.1) is 11.8 Å². The molecule has 2 heterocycles. The van der Waals surface area contributed by atoms with Gasteiger partial charge in [0.25, 0.3) is 11.8 Å². The minimum Gasteiger partial charge on any atom is -0.369 e. The molecule has 2 rings (SSSR count). The summed E-state index contributed by atoms with van der Waals surface area (Å²) in [6.45, 7) is 3.74. The SMILES string of the molecule is CC(C)(C)OP(=O)(O)OCCCOCP(=O)(O)OCCCOCP(=O)(O)OCCCOCP(=O)(O)OCCCOCP(=O)(O)OCCCCCCCCCCCCSC1CC(=O)N(CCN2C(=O)C=CC2=O)C1=O. The van der Waals surface area contributed by atoms with Crippen molar-refractivity contribution in [3.8, 4) is 0 Å². The number of thioether (sulfide) groups is 1. The van der Waals surface area contributed by atoms with Gasteiger partial charge in [0.15, 0.2) is 0 Å². The van der Waals surface area contributed by atoms with Crippen molar-refractivity contribution in [3.63, 3.8) is 0 Å². The summed E-state index contributed by atoms with van der Waals surface area (Å²) in [7, 11) is -20.7. The maximum atomic E-state index is 12.7. The fourth-order valence-electron chi connectivity index (χ4n) is 6.61. The summed E-state index contributed by atoms with van der Waals surface area (Å²) in [4.78, 5) is 100. The summed E-state index contributed by atoms with van der Waals surface area (Å²) < 4.78 is 111. The fraction of sp³-hybridized carbons (Fsp3) is 0.857. The van der Waals surface area contributed by atoms with Gasteiger partial charge in [0, 0.05) is 58.1 Å². The number of phosphoric acid groups is 1. The Morgan fingerprint density at radius 2 is 0.824 bits per heavy atom. The van der Waals surface area contributed by atoms with E-state index >= 15 is 0 Å². The van der Waals surface area contributed by atoms with Crippen LogP contribution < -0.4 is 0 Å². The predicted molar refractivity (Wildman–Crippen MR) is 271 cm³/mol. The quantitative estimate of drug-likeness (QED) is 0.0236. The van der Waals surface area contributed by atoms with E-state index in [2.05, 4.69) is 0 Å². The molecule has 4 amide bonds. The standard InChI is InChI=1S/C42H79N2O24P5S/c1-42(2,3)68-73(57,58)67-30-17-25-62-36-72(55,56)66-29-16-24-61-35-71(53,54)65-28-15-23-60-34-70(51,52)64-27-14-22-59-33-69(49,50)63-26-12-10-8-6-4-5-7-9-11-13-31-74-37-32-40(47)44(41(37)48)21-20-43-38(45)18-19-39(43)46/h18-19,37H,4-17,20-36H2,1-3H3,(H,49,50)(H,51,52)(H,53,54)(H,55,56)(H,57,58). The van der Waals surface area contributed by atoms with Crippen LogP contribution in [0, 0.1) is 0 Å². The molecule has 32 heteroatoms. The molecule has 2 aliphatic rings. The molecular formula is C42H79N2O24P5S. The van der Waals surface area contributed by atoms with Crippen molar-refractivity contribution in [1.82, 2.24) is 9.80 Å². The summed E-state index contributed by atoms with van der Waals surface area (Å²) in [5.74, 6) is -0.656. The Kier molecular flexibility index (Phi) is 33.8. The second-order valence-corrected chi connectivity index (χ2v) is 27.9. The number of imide groups is 2. The van der Waals surface area contributed by atoms with E-state index in [9.17, 15) is 66.5 Å². The summed E-state index contributed by atoms with van der Waals surface area (Å²) in [6.07, 6.45) is 10.2. The molecule has 5 N–H and O–H groups in total. The number of likely N-dealkylation sites (tertiary alicyclic amines) is 1. The van der Waals surface area contributed by atoms with Crippen LogP contribution in [0.5, 0.6) is 0 Å². The third kappa shape index (κ3) is 34.0. The summed E-state index contributed by atoms with van der Waals surface area (Å²) >= 11 is 1.48. The lowest BCUT2D eigenvalue weighted by molar-refractivity contribution is -0.142. The van der Waals surface area contributed by atoms with E-state index in [0.29, 0.717) is 6.42 Å².